The van der Waals surface area contributed by atoms with E-state index in [9.17, 15) is 0 Å². The predicted molar refractivity (Wildman–Crippen MR) is 149 cm³/mol. The summed E-state index contributed by atoms with van der Waals surface area (Å²) in [7, 11) is 2.19. The standard InChI is InChI=1S/C29H33ClN6O/c1-34-15-17-35(18-16-34)13-3-19-37-23-7-4-21(5-8-23)28-27-24(25-20-22(30)6-9-26(25)33-27)10-14-36(28)29-31-11-2-12-32-29/h2,4-9,11-12,20,28,33H,3,10,13-19H2,1H3. The van der Waals surface area contributed by atoms with Gasteiger partial charge in [-0.05, 0) is 67.4 Å². The fraction of sp³-hybridized carbons (Fsp3) is 0.379. The van der Waals surface area contributed by atoms with Gasteiger partial charge in [-0.2, -0.15) is 0 Å². The van der Waals surface area contributed by atoms with E-state index < -0.39 is 0 Å². The summed E-state index contributed by atoms with van der Waals surface area (Å²) in [6.07, 6.45) is 5.55. The Morgan fingerprint density at radius 2 is 1.78 bits per heavy atom. The van der Waals surface area contributed by atoms with Crippen molar-refractivity contribution in [1.29, 1.82) is 0 Å². The van der Waals surface area contributed by atoms with Crippen molar-refractivity contribution in [2.24, 2.45) is 0 Å². The van der Waals surface area contributed by atoms with Crippen LogP contribution in [-0.4, -0.2) is 77.7 Å². The molecule has 2 aromatic carbocycles. The van der Waals surface area contributed by atoms with E-state index in [0.717, 1.165) is 81.0 Å². The van der Waals surface area contributed by atoms with E-state index >= 15 is 0 Å². The second-order valence-electron chi connectivity index (χ2n) is 10.0. The third kappa shape index (κ3) is 5.17. The minimum atomic E-state index is -0.0244. The third-order valence-electron chi connectivity index (χ3n) is 7.58. The summed E-state index contributed by atoms with van der Waals surface area (Å²) in [4.78, 5) is 20.0. The van der Waals surface area contributed by atoms with Gasteiger partial charge in [0.05, 0.1) is 12.6 Å². The lowest BCUT2D eigenvalue weighted by Gasteiger charge is -2.36. The van der Waals surface area contributed by atoms with Crippen molar-refractivity contribution in [1.82, 2.24) is 24.8 Å². The van der Waals surface area contributed by atoms with E-state index in [-0.39, 0.29) is 6.04 Å². The molecule has 1 unspecified atom stereocenters. The Balaban J connectivity index is 1.21. The fourth-order valence-electron chi connectivity index (χ4n) is 5.56. The van der Waals surface area contributed by atoms with Gasteiger partial charge in [-0.25, -0.2) is 9.97 Å². The molecule has 0 radical (unpaired) electrons. The number of aromatic nitrogens is 3. The number of anilines is 1. The average Bonchev–Trinajstić information content (AvgIpc) is 3.30. The van der Waals surface area contributed by atoms with E-state index in [0.29, 0.717) is 0 Å². The van der Waals surface area contributed by atoms with Gasteiger partial charge in [0.1, 0.15) is 5.75 Å². The number of nitrogens with zero attached hydrogens (tertiary/aromatic N) is 5. The summed E-state index contributed by atoms with van der Waals surface area (Å²) in [5.74, 6) is 1.64. The van der Waals surface area contributed by atoms with Crippen LogP contribution in [0.5, 0.6) is 5.75 Å². The molecule has 7 nitrogen and oxygen atoms in total. The lowest BCUT2D eigenvalue weighted by molar-refractivity contribution is 0.145. The highest BCUT2D eigenvalue weighted by atomic mass is 35.5. The first-order valence-electron chi connectivity index (χ1n) is 13.1. The van der Waals surface area contributed by atoms with Crippen LogP contribution in [0.3, 0.4) is 0 Å². The monoisotopic (exact) mass is 516 g/mol. The van der Waals surface area contributed by atoms with Gasteiger partial charge in [0, 0.05) is 73.3 Å². The lowest BCUT2D eigenvalue weighted by Crippen LogP contribution is -2.44. The molecule has 0 saturated carbocycles. The first-order valence-corrected chi connectivity index (χ1v) is 13.5. The number of piperazine rings is 1. The van der Waals surface area contributed by atoms with Crippen LogP contribution in [0.25, 0.3) is 10.9 Å². The SMILES string of the molecule is CN1CCN(CCCOc2ccc(C3c4[nH]c5ccc(Cl)cc5c4CCN3c3ncccn3)cc2)CC1. The summed E-state index contributed by atoms with van der Waals surface area (Å²) in [6, 6.07) is 16.4. The van der Waals surface area contributed by atoms with Crippen LogP contribution in [0.1, 0.15) is 29.3 Å². The highest BCUT2D eigenvalue weighted by molar-refractivity contribution is 6.31. The van der Waals surface area contributed by atoms with E-state index in [1.807, 2.05) is 12.1 Å². The van der Waals surface area contributed by atoms with Crippen LogP contribution in [0.2, 0.25) is 5.02 Å². The number of hydrogen-bond acceptors (Lipinski definition) is 6. The normalized spacial score (nSPS) is 18.8. The smallest absolute Gasteiger partial charge is 0.226 e. The number of likely N-dealkylation sites (N-methyl/N-ethyl adjacent to an activating group) is 1. The maximum Gasteiger partial charge on any atom is 0.226 e. The van der Waals surface area contributed by atoms with Crippen molar-refractivity contribution >= 4 is 28.5 Å². The molecule has 2 aliphatic heterocycles. The van der Waals surface area contributed by atoms with Crippen molar-refractivity contribution < 1.29 is 4.74 Å². The minimum Gasteiger partial charge on any atom is -0.494 e. The van der Waals surface area contributed by atoms with Crippen LogP contribution in [-0.2, 0) is 6.42 Å². The van der Waals surface area contributed by atoms with E-state index in [1.165, 1.54) is 22.2 Å². The van der Waals surface area contributed by atoms with Crippen LogP contribution in [0.4, 0.5) is 5.95 Å². The summed E-state index contributed by atoms with van der Waals surface area (Å²) in [5, 5.41) is 1.95. The molecule has 8 heteroatoms. The van der Waals surface area contributed by atoms with E-state index in [2.05, 4.69) is 73.1 Å². The Labute approximate surface area is 223 Å². The first kappa shape index (κ1) is 24.2. The van der Waals surface area contributed by atoms with Gasteiger partial charge < -0.3 is 24.4 Å². The van der Waals surface area contributed by atoms with Crippen molar-refractivity contribution in [3.8, 4) is 5.75 Å². The van der Waals surface area contributed by atoms with E-state index in [4.69, 9.17) is 16.3 Å². The number of rotatable bonds is 7. The fourth-order valence-corrected chi connectivity index (χ4v) is 5.73. The lowest BCUT2D eigenvalue weighted by atomic mass is 9.92. The molecule has 37 heavy (non-hydrogen) atoms. The predicted octanol–water partition coefficient (Wildman–Crippen LogP) is 4.78. The van der Waals surface area contributed by atoms with E-state index in [1.54, 1.807) is 12.4 Å². The highest BCUT2D eigenvalue weighted by Gasteiger charge is 2.33. The summed E-state index contributed by atoms with van der Waals surface area (Å²) < 4.78 is 6.10. The molecular weight excluding hydrogens is 484 g/mol. The number of benzene rings is 2. The average molecular weight is 517 g/mol. The quantitative estimate of drug-likeness (QED) is 0.357. The molecule has 0 bridgehead atoms. The molecule has 1 N–H and O–H groups in total. The third-order valence-corrected chi connectivity index (χ3v) is 7.81. The van der Waals surface area contributed by atoms with Gasteiger partial charge in [-0.3, -0.25) is 0 Å². The maximum atomic E-state index is 6.35. The molecule has 0 amide bonds. The second-order valence-corrected chi connectivity index (χ2v) is 10.5. The Morgan fingerprint density at radius 3 is 2.57 bits per heavy atom. The summed E-state index contributed by atoms with van der Waals surface area (Å²) >= 11 is 6.35. The zero-order valence-corrected chi connectivity index (χ0v) is 22.0. The Bertz CT molecular complexity index is 1330. The molecule has 0 aliphatic carbocycles. The number of aromatic amines is 1. The minimum absolute atomic E-state index is 0.0244. The molecule has 6 rings (SSSR count). The summed E-state index contributed by atoms with van der Waals surface area (Å²) in [6.45, 7) is 7.25. The van der Waals surface area contributed by atoms with Gasteiger partial charge in [-0.15, -0.1) is 0 Å². The zero-order chi connectivity index (χ0) is 25.2. The number of fused-ring (bicyclic) bond motifs is 3. The zero-order valence-electron chi connectivity index (χ0n) is 21.2. The molecule has 0 spiro atoms. The first-order chi connectivity index (χ1) is 18.2. The van der Waals surface area contributed by atoms with Crippen LogP contribution >= 0.6 is 11.6 Å². The second kappa shape index (κ2) is 10.7. The largest absolute Gasteiger partial charge is 0.494 e. The number of hydrogen-bond donors (Lipinski definition) is 1. The molecule has 2 aliphatic rings. The van der Waals surface area contributed by atoms with Gasteiger partial charge >= 0.3 is 0 Å². The molecule has 4 heterocycles. The van der Waals surface area contributed by atoms with Gasteiger partial charge in [0.25, 0.3) is 0 Å². The highest BCUT2D eigenvalue weighted by Crippen LogP contribution is 2.40. The van der Waals surface area contributed by atoms with Crippen molar-refractivity contribution in [2.45, 2.75) is 18.9 Å². The molecule has 192 valence electrons. The summed E-state index contributed by atoms with van der Waals surface area (Å²) in [5.41, 5.74) is 4.78. The van der Waals surface area contributed by atoms with Gasteiger partial charge in [0.2, 0.25) is 5.95 Å². The molecule has 2 aromatic heterocycles. The van der Waals surface area contributed by atoms with Crippen molar-refractivity contribution in [3.63, 3.8) is 0 Å². The molecule has 1 atom stereocenters. The van der Waals surface area contributed by atoms with Crippen LogP contribution < -0.4 is 9.64 Å². The van der Waals surface area contributed by atoms with Gasteiger partial charge in [0.15, 0.2) is 0 Å². The number of ether oxygens (including phenoxy) is 1. The van der Waals surface area contributed by atoms with Gasteiger partial charge in [-0.1, -0.05) is 23.7 Å². The Hall–Kier alpha value is -3.13. The number of nitrogens with one attached hydrogen (secondary N) is 1. The van der Waals surface area contributed by atoms with Crippen LogP contribution in [0.15, 0.2) is 60.9 Å². The number of halogens is 1. The topological polar surface area (TPSA) is 60.5 Å². The number of H-pyrrole nitrogens is 1. The maximum absolute atomic E-state index is 6.35. The molecule has 4 aromatic rings. The van der Waals surface area contributed by atoms with Crippen LogP contribution in [0, 0.1) is 0 Å². The van der Waals surface area contributed by atoms with Crippen molar-refractivity contribution in [2.75, 3.05) is 57.8 Å². The molecule has 1 saturated heterocycles. The molecule has 1 fully saturated rings. The van der Waals surface area contributed by atoms with Crippen molar-refractivity contribution in [3.05, 3.63) is 82.8 Å². The Kier molecular flexibility index (Phi) is 7.00. The Morgan fingerprint density at radius 1 is 1.00 bits per heavy atom. The molecular formula is C29H33ClN6O.